The summed E-state index contributed by atoms with van der Waals surface area (Å²) in [6, 6.07) is 8.00. The Labute approximate surface area is 214 Å². The summed E-state index contributed by atoms with van der Waals surface area (Å²) in [7, 11) is 0. The number of H-pyrrole nitrogens is 2. The standard InChI is InChI=1S/C24H20FN5O4S.ClH/c1-2-33-23(32)22-21-12(8-27-22)19(20-15(28-21)9-26-10-16(20)31)17-5-6-18(34-17)35-24-29-13-4-3-11(25)7-14(13)30-24;/h3-8,19,26-28H,2,9-10H2,1H3,(H,29,30);1H. The number of anilines is 1. The molecular formula is C24H21ClFN5O4S. The van der Waals surface area contributed by atoms with Gasteiger partial charge in [0, 0.05) is 35.6 Å². The molecule has 36 heavy (non-hydrogen) atoms. The Morgan fingerprint density at radius 3 is 2.97 bits per heavy atom. The molecule has 1 unspecified atom stereocenters. The third-order valence-electron chi connectivity index (χ3n) is 5.99. The summed E-state index contributed by atoms with van der Waals surface area (Å²) in [5.41, 5.74) is 4.16. The minimum Gasteiger partial charge on any atom is -0.461 e. The number of imidazole rings is 1. The Hall–Kier alpha value is -3.54. The van der Waals surface area contributed by atoms with E-state index in [1.54, 1.807) is 25.3 Å². The zero-order chi connectivity index (χ0) is 24.1. The molecule has 0 saturated heterocycles. The lowest BCUT2D eigenvalue weighted by Crippen LogP contribution is -2.39. The van der Waals surface area contributed by atoms with Crippen molar-refractivity contribution < 1.29 is 23.1 Å². The van der Waals surface area contributed by atoms with Gasteiger partial charge in [0.05, 0.1) is 35.8 Å². The highest BCUT2D eigenvalue weighted by Crippen LogP contribution is 2.45. The first-order chi connectivity index (χ1) is 17.0. The van der Waals surface area contributed by atoms with Crippen molar-refractivity contribution >= 4 is 52.6 Å². The van der Waals surface area contributed by atoms with Crippen LogP contribution in [0, 0.1) is 5.82 Å². The van der Waals surface area contributed by atoms with Crippen LogP contribution in [0.1, 0.15) is 34.7 Å². The minimum absolute atomic E-state index is 0. The number of aromatic nitrogens is 3. The van der Waals surface area contributed by atoms with Crippen LogP contribution in [0.2, 0.25) is 0 Å². The molecule has 2 aliphatic rings. The number of benzene rings is 1. The second-order valence-electron chi connectivity index (χ2n) is 8.15. The van der Waals surface area contributed by atoms with Gasteiger partial charge in [-0.25, -0.2) is 14.2 Å². The van der Waals surface area contributed by atoms with Gasteiger partial charge < -0.3 is 29.8 Å². The van der Waals surface area contributed by atoms with Gasteiger partial charge in [-0.3, -0.25) is 4.79 Å². The molecule has 0 fully saturated rings. The van der Waals surface area contributed by atoms with E-state index in [2.05, 4.69) is 25.6 Å². The second-order valence-corrected chi connectivity index (χ2v) is 9.15. The van der Waals surface area contributed by atoms with Gasteiger partial charge in [0.25, 0.3) is 0 Å². The van der Waals surface area contributed by atoms with Crippen LogP contribution in [0.3, 0.4) is 0 Å². The van der Waals surface area contributed by atoms with Gasteiger partial charge in [0.1, 0.15) is 17.3 Å². The number of furan rings is 1. The maximum atomic E-state index is 13.5. The number of hydrogen-bond donors (Lipinski definition) is 4. The Morgan fingerprint density at radius 2 is 2.14 bits per heavy atom. The number of nitrogens with zero attached hydrogens (tertiary/aromatic N) is 1. The molecular weight excluding hydrogens is 509 g/mol. The number of fused-ring (bicyclic) bond motifs is 2. The van der Waals surface area contributed by atoms with Crippen molar-refractivity contribution in [3.63, 3.8) is 0 Å². The fourth-order valence-corrected chi connectivity index (χ4v) is 5.29. The maximum Gasteiger partial charge on any atom is 0.356 e. The molecule has 12 heteroatoms. The quantitative estimate of drug-likeness (QED) is 0.281. The summed E-state index contributed by atoms with van der Waals surface area (Å²) in [4.78, 5) is 36.0. The molecule has 0 aliphatic carbocycles. The SMILES string of the molecule is CCOC(=O)c1[nH]cc2c1NC1=C(C(=O)CNC1)C2c1ccc(Sc2nc3cc(F)ccc3[nH]2)o1.Cl. The monoisotopic (exact) mass is 529 g/mol. The average molecular weight is 530 g/mol. The van der Waals surface area contributed by atoms with Gasteiger partial charge in [0.2, 0.25) is 0 Å². The largest absolute Gasteiger partial charge is 0.461 e. The lowest BCUT2D eigenvalue weighted by atomic mass is 9.82. The van der Waals surface area contributed by atoms with Crippen LogP contribution in [-0.4, -0.2) is 46.4 Å². The molecule has 1 aromatic carbocycles. The third-order valence-corrected chi connectivity index (χ3v) is 6.79. The zero-order valence-electron chi connectivity index (χ0n) is 18.9. The molecule has 186 valence electrons. The summed E-state index contributed by atoms with van der Waals surface area (Å²) in [6.07, 6.45) is 1.71. The third kappa shape index (κ3) is 4.08. The summed E-state index contributed by atoms with van der Waals surface area (Å²) in [5, 5.41) is 7.46. The van der Waals surface area contributed by atoms with Crippen LogP contribution in [0.5, 0.6) is 0 Å². The van der Waals surface area contributed by atoms with Gasteiger partial charge in [0.15, 0.2) is 16.0 Å². The summed E-state index contributed by atoms with van der Waals surface area (Å²) >= 11 is 1.27. The van der Waals surface area contributed by atoms with E-state index in [-0.39, 0.29) is 37.2 Å². The van der Waals surface area contributed by atoms with Crippen LogP contribution in [0.4, 0.5) is 10.1 Å². The van der Waals surface area contributed by atoms with E-state index in [1.165, 1.54) is 23.9 Å². The van der Waals surface area contributed by atoms with Crippen LogP contribution < -0.4 is 10.6 Å². The highest BCUT2D eigenvalue weighted by molar-refractivity contribution is 7.99. The number of rotatable bonds is 5. The first-order valence-electron chi connectivity index (χ1n) is 11.1. The number of halogens is 2. The molecule has 0 amide bonds. The molecule has 3 aromatic heterocycles. The average Bonchev–Trinajstić information content (AvgIpc) is 3.56. The number of ketones is 1. The van der Waals surface area contributed by atoms with Crippen molar-refractivity contribution in [1.82, 2.24) is 20.3 Å². The Balaban J connectivity index is 0.00000267. The van der Waals surface area contributed by atoms with Crippen molar-refractivity contribution in [2.45, 2.75) is 23.1 Å². The van der Waals surface area contributed by atoms with Crippen molar-refractivity contribution in [1.29, 1.82) is 0 Å². The number of carbonyl (C=O) groups is 2. The minimum atomic E-state index is -0.491. The number of ether oxygens (including phenoxy) is 1. The summed E-state index contributed by atoms with van der Waals surface area (Å²) < 4.78 is 24.9. The van der Waals surface area contributed by atoms with Crippen LogP contribution in [0.15, 0.2) is 62.5 Å². The van der Waals surface area contributed by atoms with E-state index in [4.69, 9.17) is 9.15 Å². The highest BCUT2D eigenvalue weighted by Gasteiger charge is 2.39. The smallest absolute Gasteiger partial charge is 0.356 e. The first kappa shape index (κ1) is 24.2. The van der Waals surface area contributed by atoms with E-state index in [0.29, 0.717) is 50.7 Å². The summed E-state index contributed by atoms with van der Waals surface area (Å²) in [6.45, 7) is 2.67. The van der Waals surface area contributed by atoms with Crippen LogP contribution >= 0.6 is 24.2 Å². The molecule has 5 heterocycles. The van der Waals surface area contributed by atoms with Crippen LogP contribution in [-0.2, 0) is 9.53 Å². The van der Waals surface area contributed by atoms with Crippen molar-refractivity contribution in [2.24, 2.45) is 0 Å². The van der Waals surface area contributed by atoms with Gasteiger partial charge in [-0.05, 0) is 43.0 Å². The van der Waals surface area contributed by atoms with Gasteiger partial charge in [-0.15, -0.1) is 12.4 Å². The van der Waals surface area contributed by atoms with E-state index in [1.807, 2.05) is 6.07 Å². The molecule has 0 radical (unpaired) electrons. The van der Waals surface area contributed by atoms with Gasteiger partial charge >= 0.3 is 5.97 Å². The van der Waals surface area contributed by atoms with Crippen LogP contribution in [0.25, 0.3) is 11.0 Å². The molecule has 4 aromatic rings. The number of nitrogens with one attached hydrogen (secondary N) is 4. The number of aromatic amines is 2. The zero-order valence-corrected chi connectivity index (χ0v) is 20.6. The fraction of sp³-hybridized carbons (Fsp3) is 0.208. The molecule has 6 rings (SSSR count). The fourth-order valence-electron chi connectivity index (χ4n) is 4.52. The number of Topliss-reactive ketones (excluding diaryl/α,β-unsaturated/α-hetero) is 1. The topological polar surface area (TPSA) is 125 Å². The van der Waals surface area contributed by atoms with Gasteiger partial charge in [-0.1, -0.05) is 0 Å². The molecule has 4 N–H and O–H groups in total. The Bertz CT molecular complexity index is 1520. The molecule has 2 aliphatic heterocycles. The van der Waals surface area contributed by atoms with Crippen molar-refractivity contribution in [3.05, 3.63) is 70.6 Å². The normalized spacial score (nSPS) is 16.8. The second kappa shape index (κ2) is 9.49. The Morgan fingerprint density at radius 1 is 1.28 bits per heavy atom. The lowest BCUT2D eigenvalue weighted by molar-refractivity contribution is -0.115. The summed E-state index contributed by atoms with van der Waals surface area (Å²) in [5.74, 6) is -0.801. The van der Waals surface area contributed by atoms with E-state index < -0.39 is 11.9 Å². The van der Waals surface area contributed by atoms with E-state index in [0.717, 1.165) is 11.1 Å². The van der Waals surface area contributed by atoms with Crippen molar-refractivity contribution in [2.75, 3.05) is 25.0 Å². The predicted octanol–water partition coefficient (Wildman–Crippen LogP) is 4.36. The van der Waals surface area contributed by atoms with E-state index in [9.17, 15) is 14.0 Å². The number of carbonyl (C=O) groups excluding carboxylic acids is 2. The first-order valence-corrected chi connectivity index (χ1v) is 11.9. The number of esters is 1. The maximum absolute atomic E-state index is 13.5. The van der Waals surface area contributed by atoms with Crippen molar-refractivity contribution in [3.8, 4) is 0 Å². The Kier molecular flexibility index (Phi) is 6.37. The number of hydrogen-bond acceptors (Lipinski definition) is 8. The lowest BCUT2D eigenvalue weighted by Gasteiger charge is -2.31. The molecule has 0 saturated carbocycles. The highest BCUT2D eigenvalue weighted by atomic mass is 35.5. The molecule has 1 atom stereocenters. The molecule has 0 spiro atoms. The molecule has 0 bridgehead atoms. The van der Waals surface area contributed by atoms with Gasteiger partial charge in [-0.2, -0.15) is 0 Å². The van der Waals surface area contributed by atoms with E-state index >= 15 is 0 Å². The predicted molar refractivity (Wildman–Crippen MR) is 133 cm³/mol. The molecule has 9 nitrogen and oxygen atoms in total.